The van der Waals surface area contributed by atoms with Crippen molar-refractivity contribution in [2.24, 2.45) is 10.2 Å². The fraction of sp³-hybridized carbons (Fsp3) is 0.200. The molecule has 1 fully saturated rings. The minimum Gasteiger partial charge on any atom is -0.497 e. The summed E-state index contributed by atoms with van der Waals surface area (Å²) < 4.78 is 10.5. The largest absolute Gasteiger partial charge is 0.497 e. The Kier molecular flexibility index (Phi) is 6.50. The lowest BCUT2D eigenvalue weighted by atomic mass is 10.2. The molecule has 150 valence electrons. The van der Waals surface area contributed by atoms with E-state index in [1.165, 1.54) is 18.2 Å². The van der Waals surface area contributed by atoms with Crippen molar-refractivity contribution in [1.29, 1.82) is 0 Å². The molecule has 9 heteroatoms. The van der Waals surface area contributed by atoms with Crippen molar-refractivity contribution in [3.63, 3.8) is 0 Å². The van der Waals surface area contributed by atoms with E-state index in [1.54, 1.807) is 49.6 Å². The third-order valence-electron chi connectivity index (χ3n) is 4.09. The molecule has 29 heavy (non-hydrogen) atoms. The molecule has 0 saturated carbocycles. The number of hydrogen-bond donors (Lipinski definition) is 1. The molecule has 1 atom stereocenters. The standard InChI is InChI=1S/C20H19N3O5S/c1-27-15-9-8-13(16(10-15)28-2)12-21-22-20-23(14-6-4-3-5-7-14)19(26)17(29-20)11-18(24)25/h3-10,12,17H,11H2,1-2H3,(H,24,25)/b21-12-,22-20+/t17-/m1/s1. The van der Waals surface area contributed by atoms with Crippen LogP contribution in [0.1, 0.15) is 12.0 Å². The fourth-order valence-electron chi connectivity index (χ4n) is 2.70. The molecule has 2 aromatic rings. The first-order valence-corrected chi connectivity index (χ1v) is 9.52. The topological polar surface area (TPSA) is 101 Å². The van der Waals surface area contributed by atoms with Gasteiger partial charge in [-0.2, -0.15) is 5.10 Å². The van der Waals surface area contributed by atoms with Crippen molar-refractivity contribution in [3.8, 4) is 11.5 Å². The van der Waals surface area contributed by atoms with Crippen LogP contribution in [-0.4, -0.2) is 47.8 Å². The number of benzene rings is 2. The van der Waals surface area contributed by atoms with Gasteiger partial charge in [0, 0.05) is 11.6 Å². The monoisotopic (exact) mass is 413 g/mol. The molecule has 1 aliphatic heterocycles. The number of para-hydroxylation sites is 1. The van der Waals surface area contributed by atoms with Crippen molar-refractivity contribution in [2.45, 2.75) is 11.7 Å². The van der Waals surface area contributed by atoms with Crippen molar-refractivity contribution in [3.05, 3.63) is 54.1 Å². The third-order valence-corrected chi connectivity index (χ3v) is 5.22. The van der Waals surface area contributed by atoms with E-state index in [1.807, 2.05) is 6.07 Å². The highest BCUT2D eigenvalue weighted by atomic mass is 32.2. The maximum absolute atomic E-state index is 12.7. The van der Waals surface area contributed by atoms with Gasteiger partial charge in [0.15, 0.2) is 5.17 Å². The summed E-state index contributed by atoms with van der Waals surface area (Å²) in [5, 5.41) is 16.9. The average Bonchev–Trinajstić information content (AvgIpc) is 3.03. The van der Waals surface area contributed by atoms with Gasteiger partial charge in [0.2, 0.25) is 5.91 Å². The van der Waals surface area contributed by atoms with E-state index >= 15 is 0 Å². The van der Waals surface area contributed by atoms with Crippen molar-refractivity contribution in [1.82, 2.24) is 0 Å². The van der Waals surface area contributed by atoms with Gasteiger partial charge < -0.3 is 14.6 Å². The van der Waals surface area contributed by atoms with Crippen LogP contribution in [0.4, 0.5) is 5.69 Å². The first-order chi connectivity index (χ1) is 14.0. The molecule has 0 aliphatic carbocycles. The van der Waals surface area contributed by atoms with Crippen LogP contribution >= 0.6 is 11.8 Å². The van der Waals surface area contributed by atoms with Gasteiger partial charge in [0.1, 0.15) is 16.7 Å². The Hall–Kier alpha value is -3.33. The molecule has 1 heterocycles. The number of rotatable bonds is 7. The summed E-state index contributed by atoms with van der Waals surface area (Å²) in [7, 11) is 3.10. The molecule has 0 unspecified atom stereocenters. The molecule has 0 aromatic heterocycles. The van der Waals surface area contributed by atoms with Gasteiger partial charge in [-0.3, -0.25) is 14.5 Å². The molecule has 2 aromatic carbocycles. The highest BCUT2D eigenvalue weighted by molar-refractivity contribution is 8.16. The van der Waals surface area contributed by atoms with Crippen molar-refractivity contribution < 1.29 is 24.2 Å². The number of carboxylic acid groups (broad SMARTS) is 1. The lowest BCUT2D eigenvalue weighted by Gasteiger charge is -2.15. The maximum Gasteiger partial charge on any atom is 0.305 e. The first-order valence-electron chi connectivity index (χ1n) is 8.64. The number of ether oxygens (including phenoxy) is 2. The summed E-state index contributed by atoms with van der Waals surface area (Å²) in [5.41, 5.74) is 1.29. The van der Waals surface area contributed by atoms with E-state index in [0.717, 1.165) is 11.8 Å². The Morgan fingerprint density at radius 2 is 1.97 bits per heavy atom. The van der Waals surface area contributed by atoms with Crippen LogP contribution < -0.4 is 14.4 Å². The normalized spacial score (nSPS) is 17.9. The minimum absolute atomic E-state index is 0.290. The first kappa shape index (κ1) is 20.4. The van der Waals surface area contributed by atoms with Crippen LogP contribution in [0.25, 0.3) is 0 Å². The molecule has 1 amide bonds. The molecule has 3 rings (SSSR count). The van der Waals surface area contributed by atoms with Crippen LogP contribution in [0.2, 0.25) is 0 Å². The summed E-state index contributed by atoms with van der Waals surface area (Å²) in [5.74, 6) is -0.169. The second-order valence-electron chi connectivity index (χ2n) is 5.95. The minimum atomic E-state index is -1.04. The molecule has 1 aliphatic rings. The zero-order valence-electron chi connectivity index (χ0n) is 15.8. The van der Waals surface area contributed by atoms with E-state index in [4.69, 9.17) is 14.6 Å². The summed E-state index contributed by atoms with van der Waals surface area (Å²) in [6.45, 7) is 0. The number of carboxylic acids is 1. The van der Waals surface area contributed by atoms with Gasteiger partial charge in [-0.05, 0) is 24.3 Å². The SMILES string of the molecule is COc1ccc(/C=N\N=C2\S[C@H](CC(=O)O)C(=O)N2c2ccccc2)c(OC)c1. The summed E-state index contributed by atoms with van der Waals surface area (Å²) in [6.07, 6.45) is 1.21. The van der Waals surface area contributed by atoms with E-state index in [9.17, 15) is 9.59 Å². The van der Waals surface area contributed by atoms with Crippen LogP contribution in [0, 0.1) is 0 Å². The van der Waals surface area contributed by atoms with Gasteiger partial charge in [-0.1, -0.05) is 30.0 Å². The quantitative estimate of drug-likeness (QED) is 0.553. The fourth-order valence-corrected chi connectivity index (χ4v) is 3.79. The molecule has 0 bridgehead atoms. The van der Waals surface area contributed by atoms with Crippen molar-refractivity contribution in [2.75, 3.05) is 19.1 Å². The average molecular weight is 413 g/mol. The molecule has 0 spiro atoms. The Morgan fingerprint density at radius 1 is 1.21 bits per heavy atom. The van der Waals surface area contributed by atoms with E-state index < -0.39 is 11.2 Å². The summed E-state index contributed by atoms with van der Waals surface area (Å²) in [6, 6.07) is 14.2. The Morgan fingerprint density at radius 3 is 2.62 bits per heavy atom. The number of amides is 1. The van der Waals surface area contributed by atoms with E-state index in [0.29, 0.717) is 27.9 Å². The highest BCUT2D eigenvalue weighted by Gasteiger charge is 2.40. The number of methoxy groups -OCH3 is 2. The summed E-state index contributed by atoms with van der Waals surface area (Å²) in [4.78, 5) is 25.2. The Balaban J connectivity index is 1.90. The zero-order valence-corrected chi connectivity index (χ0v) is 16.6. The number of amidine groups is 1. The number of hydrogen-bond acceptors (Lipinski definition) is 7. The lowest BCUT2D eigenvalue weighted by Crippen LogP contribution is -2.32. The van der Waals surface area contributed by atoms with E-state index in [-0.39, 0.29) is 12.3 Å². The number of carbonyl (C=O) groups excluding carboxylic acids is 1. The second-order valence-corrected chi connectivity index (χ2v) is 7.12. The molecule has 8 nitrogen and oxygen atoms in total. The number of carbonyl (C=O) groups is 2. The van der Waals surface area contributed by atoms with Gasteiger partial charge in [0.05, 0.1) is 32.5 Å². The number of aliphatic carboxylic acids is 1. The predicted octanol–water partition coefficient (Wildman–Crippen LogP) is 3.02. The predicted molar refractivity (Wildman–Crippen MR) is 112 cm³/mol. The maximum atomic E-state index is 12.7. The van der Waals surface area contributed by atoms with Crippen LogP contribution in [0.5, 0.6) is 11.5 Å². The summed E-state index contributed by atoms with van der Waals surface area (Å²) >= 11 is 1.08. The molecule has 1 N–H and O–H groups in total. The smallest absolute Gasteiger partial charge is 0.305 e. The van der Waals surface area contributed by atoms with Crippen LogP contribution in [0.3, 0.4) is 0 Å². The van der Waals surface area contributed by atoms with Crippen molar-refractivity contribution >= 4 is 40.7 Å². The third kappa shape index (κ3) is 4.75. The van der Waals surface area contributed by atoms with Crippen LogP contribution in [-0.2, 0) is 9.59 Å². The number of thioether (sulfide) groups is 1. The number of nitrogens with zero attached hydrogens (tertiary/aromatic N) is 3. The zero-order chi connectivity index (χ0) is 20.8. The van der Waals surface area contributed by atoms with Gasteiger partial charge in [0.25, 0.3) is 0 Å². The Labute approximate surface area is 171 Å². The second kappa shape index (κ2) is 9.24. The molecular formula is C20H19N3O5S. The molecular weight excluding hydrogens is 394 g/mol. The lowest BCUT2D eigenvalue weighted by molar-refractivity contribution is -0.138. The highest BCUT2D eigenvalue weighted by Crippen LogP contribution is 2.33. The number of anilines is 1. The Bertz CT molecular complexity index is 962. The van der Waals surface area contributed by atoms with E-state index in [2.05, 4.69) is 10.2 Å². The van der Waals surface area contributed by atoms with Gasteiger partial charge in [-0.15, -0.1) is 5.10 Å². The molecule has 0 radical (unpaired) electrons. The molecule has 1 saturated heterocycles. The van der Waals surface area contributed by atoms with Gasteiger partial charge in [-0.25, -0.2) is 0 Å². The van der Waals surface area contributed by atoms with Crippen LogP contribution in [0.15, 0.2) is 58.7 Å². The van der Waals surface area contributed by atoms with Gasteiger partial charge >= 0.3 is 5.97 Å².